The van der Waals surface area contributed by atoms with E-state index < -0.39 is 11.6 Å². The summed E-state index contributed by atoms with van der Waals surface area (Å²) in [5.74, 6) is -2.11. The van der Waals surface area contributed by atoms with Gasteiger partial charge in [0, 0.05) is 11.6 Å². The van der Waals surface area contributed by atoms with E-state index in [1.807, 2.05) is 11.9 Å². The fraction of sp³-hybridized carbons (Fsp3) is 0.278. The summed E-state index contributed by atoms with van der Waals surface area (Å²) in [7, 11) is 1.88. The third-order valence-corrected chi connectivity index (χ3v) is 4.97. The molecular weight excluding hydrogens is 369 g/mol. The van der Waals surface area contributed by atoms with Crippen LogP contribution in [0.25, 0.3) is 0 Å². The highest BCUT2D eigenvalue weighted by atomic mass is 35.5. The molecule has 0 aromatic heterocycles. The molecule has 1 fully saturated rings. The van der Waals surface area contributed by atoms with Gasteiger partial charge in [-0.05, 0) is 49.4 Å². The third kappa shape index (κ3) is 3.78. The Morgan fingerprint density at radius 1 is 1.16 bits per heavy atom. The highest BCUT2D eigenvalue weighted by Gasteiger charge is 2.34. The normalized spacial score (nSPS) is 20.7. The Bertz CT molecular complexity index is 816. The highest BCUT2D eigenvalue weighted by molar-refractivity contribution is 6.36. The molecule has 7 heteroatoms. The first-order chi connectivity index (χ1) is 11.9. The van der Waals surface area contributed by atoms with E-state index in [1.54, 1.807) is 18.2 Å². The van der Waals surface area contributed by atoms with Gasteiger partial charge >= 0.3 is 0 Å². The van der Waals surface area contributed by atoms with Crippen LogP contribution in [-0.2, 0) is 0 Å². The minimum absolute atomic E-state index is 0.242. The van der Waals surface area contributed by atoms with E-state index in [2.05, 4.69) is 5.32 Å². The summed E-state index contributed by atoms with van der Waals surface area (Å²) in [5, 5.41) is 3.65. The Morgan fingerprint density at radius 2 is 1.92 bits per heavy atom. The molecule has 25 heavy (non-hydrogen) atoms. The first-order valence-electron chi connectivity index (χ1n) is 7.78. The zero-order valence-electron chi connectivity index (χ0n) is 13.4. The molecule has 0 saturated carbocycles. The van der Waals surface area contributed by atoms with Crippen LogP contribution in [0.15, 0.2) is 36.4 Å². The third-order valence-electron chi connectivity index (χ3n) is 4.43. The number of likely N-dealkylation sites (tertiary alicyclic amines) is 1. The number of nitrogens with one attached hydrogen (secondary N) is 1. The molecular formula is C18H16Cl2F2N2O. The smallest absolute Gasteiger partial charge is 0.253 e. The van der Waals surface area contributed by atoms with Crippen LogP contribution in [0.4, 0.5) is 8.78 Å². The predicted molar refractivity (Wildman–Crippen MR) is 94.1 cm³/mol. The van der Waals surface area contributed by atoms with Gasteiger partial charge in [-0.2, -0.15) is 0 Å². The average Bonchev–Trinajstić information content (AvgIpc) is 2.90. The first-order valence-corrected chi connectivity index (χ1v) is 8.53. The Balaban J connectivity index is 1.83. The molecule has 1 aliphatic heterocycles. The molecule has 1 saturated heterocycles. The lowest BCUT2D eigenvalue weighted by Gasteiger charge is -2.26. The van der Waals surface area contributed by atoms with E-state index in [-0.39, 0.29) is 23.0 Å². The van der Waals surface area contributed by atoms with Crippen LogP contribution in [-0.4, -0.2) is 30.4 Å². The summed E-state index contributed by atoms with van der Waals surface area (Å²) in [4.78, 5) is 14.5. The maximum Gasteiger partial charge on any atom is 0.253 e. The number of halogens is 4. The van der Waals surface area contributed by atoms with Crippen molar-refractivity contribution < 1.29 is 13.6 Å². The number of rotatable bonds is 3. The van der Waals surface area contributed by atoms with Crippen molar-refractivity contribution in [1.82, 2.24) is 10.2 Å². The number of nitrogens with zero attached hydrogens (tertiary/aromatic N) is 1. The van der Waals surface area contributed by atoms with Crippen LogP contribution in [0.3, 0.4) is 0 Å². The SMILES string of the molecule is CN1CC[C@@H](NC(=O)c2ccc(Cl)cc2Cl)[C@H]1c1ccc(F)c(F)c1. The summed E-state index contributed by atoms with van der Waals surface area (Å²) >= 11 is 11.9. The van der Waals surface area contributed by atoms with Crippen molar-refractivity contribution in [3.8, 4) is 0 Å². The van der Waals surface area contributed by atoms with Crippen LogP contribution >= 0.6 is 23.2 Å². The molecule has 3 rings (SSSR count). The quantitative estimate of drug-likeness (QED) is 0.847. The maximum atomic E-state index is 13.6. The predicted octanol–water partition coefficient (Wildman–Crippen LogP) is 4.45. The molecule has 1 heterocycles. The van der Waals surface area contributed by atoms with Gasteiger partial charge in [0.25, 0.3) is 5.91 Å². The monoisotopic (exact) mass is 384 g/mol. The van der Waals surface area contributed by atoms with Crippen molar-refractivity contribution in [2.75, 3.05) is 13.6 Å². The lowest BCUT2D eigenvalue weighted by molar-refractivity contribution is 0.0928. The second kappa shape index (κ2) is 7.28. The van der Waals surface area contributed by atoms with Crippen molar-refractivity contribution in [1.29, 1.82) is 0 Å². The molecule has 3 nitrogen and oxygen atoms in total. The Hall–Kier alpha value is -1.69. The van der Waals surface area contributed by atoms with Gasteiger partial charge in [0.2, 0.25) is 0 Å². The zero-order valence-corrected chi connectivity index (χ0v) is 14.9. The van der Waals surface area contributed by atoms with Crippen LogP contribution < -0.4 is 5.32 Å². The summed E-state index contributed by atoms with van der Waals surface area (Å²) in [6, 6.07) is 7.99. The highest BCUT2D eigenvalue weighted by Crippen LogP contribution is 2.32. The van der Waals surface area contributed by atoms with Crippen molar-refractivity contribution in [2.24, 2.45) is 0 Å². The van der Waals surface area contributed by atoms with E-state index in [0.717, 1.165) is 12.6 Å². The number of hydrogen-bond donors (Lipinski definition) is 1. The van der Waals surface area contributed by atoms with Crippen LogP contribution in [0.5, 0.6) is 0 Å². The van der Waals surface area contributed by atoms with Crippen molar-refractivity contribution in [2.45, 2.75) is 18.5 Å². The summed E-state index contributed by atoms with van der Waals surface area (Å²) in [6.07, 6.45) is 0.692. The molecule has 132 valence electrons. The second-order valence-electron chi connectivity index (χ2n) is 6.09. The van der Waals surface area contributed by atoms with Crippen LogP contribution in [0.1, 0.15) is 28.4 Å². The summed E-state index contributed by atoms with van der Waals surface area (Å²) in [5.41, 5.74) is 0.941. The Labute approximate surface area is 154 Å². The van der Waals surface area contributed by atoms with Crippen molar-refractivity contribution in [3.63, 3.8) is 0 Å². The molecule has 0 spiro atoms. The maximum absolute atomic E-state index is 13.6. The molecule has 0 unspecified atom stereocenters. The van der Waals surface area contributed by atoms with Gasteiger partial charge in [0.1, 0.15) is 0 Å². The lowest BCUT2D eigenvalue weighted by Crippen LogP contribution is -2.39. The minimum Gasteiger partial charge on any atom is -0.347 e. The van der Waals surface area contributed by atoms with E-state index in [1.165, 1.54) is 12.1 Å². The number of likely N-dealkylation sites (N-methyl/N-ethyl adjacent to an activating group) is 1. The molecule has 1 N–H and O–H groups in total. The van der Waals surface area contributed by atoms with Gasteiger partial charge < -0.3 is 5.32 Å². The number of amides is 1. The Morgan fingerprint density at radius 3 is 2.60 bits per heavy atom. The second-order valence-corrected chi connectivity index (χ2v) is 6.94. The zero-order chi connectivity index (χ0) is 18.1. The van der Waals surface area contributed by atoms with Crippen molar-refractivity contribution in [3.05, 3.63) is 69.2 Å². The van der Waals surface area contributed by atoms with E-state index in [9.17, 15) is 13.6 Å². The van der Waals surface area contributed by atoms with Crippen LogP contribution in [0.2, 0.25) is 10.0 Å². The molecule has 2 aromatic carbocycles. The topological polar surface area (TPSA) is 32.3 Å². The van der Waals surface area contributed by atoms with Crippen molar-refractivity contribution >= 4 is 29.1 Å². The lowest BCUT2D eigenvalue weighted by atomic mass is 9.99. The standard InChI is InChI=1S/C18H16Cl2F2N2O/c1-24-7-6-16(17(24)10-2-5-14(21)15(22)8-10)23-18(25)12-4-3-11(19)9-13(12)20/h2-5,8-9,16-17H,6-7H2,1H3,(H,23,25)/t16-,17-/m1/s1. The fourth-order valence-corrected chi connectivity index (χ4v) is 3.70. The molecule has 0 radical (unpaired) electrons. The molecule has 1 aliphatic rings. The van der Waals surface area contributed by atoms with Crippen LogP contribution in [0, 0.1) is 11.6 Å². The van der Waals surface area contributed by atoms with Gasteiger partial charge in [-0.25, -0.2) is 8.78 Å². The average molecular weight is 385 g/mol. The van der Waals surface area contributed by atoms with Gasteiger partial charge in [-0.1, -0.05) is 29.3 Å². The van der Waals surface area contributed by atoms with E-state index in [0.29, 0.717) is 22.6 Å². The number of hydrogen-bond acceptors (Lipinski definition) is 2. The molecule has 0 aliphatic carbocycles. The Kier molecular flexibility index (Phi) is 5.27. The minimum atomic E-state index is -0.899. The van der Waals surface area contributed by atoms with Gasteiger partial charge in [0.05, 0.1) is 22.7 Å². The molecule has 1 amide bonds. The van der Waals surface area contributed by atoms with E-state index >= 15 is 0 Å². The molecule has 2 aromatic rings. The molecule has 2 atom stereocenters. The van der Waals surface area contributed by atoms with E-state index in [4.69, 9.17) is 23.2 Å². The summed E-state index contributed by atoms with van der Waals surface area (Å²) < 4.78 is 26.8. The fourth-order valence-electron chi connectivity index (χ4n) is 3.20. The number of carbonyl (C=O) groups excluding carboxylic acids is 1. The summed E-state index contributed by atoms with van der Waals surface area (Å²) in [6.45, 7) is 0.725. The largest absolute Gasteiger partial charge is 0.347 e. The molecule has 0 bridgehead atoms. The van der Waals surface area contributed by atoms with Gasteiger partial charge in [-0.15, -0.1) is 0 Å². The van der Waals surface area contributed by atoms with Gasteiger partial charge in [0.15, 0.2) is 11.6 Å². The van der Waals surface area contributed by atoms with Gasteiger partial charge in [-0.3, -0.25) is 9.69 Å². The first kappa shape index (κ1) is 18.1. The number of carbonyl (C=O) groups is 1. The number of benzene rings is 2.